The predicted molar refractivity (Wildman–Crippen MR) is 108 cm³/mol. The molecule has 0 spiro atoms. The average Bonchev–Trinajstić information content (AvgIpc) is 3.02. The van der Waals surface area contributed by atoms with E-state index < -0.39 is 32.2 Å². The largest absolute Gasteiger partial charge is 0.598 e. The van der Waals surface area contributed by atoms with Gasteiger partial charge in [-0.3, -0.25) is 4.98 Å². The molecule has 0 aliphatic carbocycles. The molecular formula is C19H23N3O3S2. The molecule has 27 heavy (non-hydrogen) atoms. The number of nitrogens with zero attached hydrogens (tertiary/aromatic N) is 2. The molecule has 144 valence electrons. The smallest absolute Gasteiger partial charge is 0.268 e. The molecule has 3 aromatic rings. The molecule has 8 heteroatoms. The van der Waals surface area contributed by atoms with Crippen molar-refractivity contribution in [3.8, 4) is 0 Å². The second-order valence-corrected chi connectivity index (χ2v) is 11.1. The van der Waals surface area contributed by atoms with Crippen LogP contribution in [0.15, 0.2) is 59.8 Å². The quantitative estimate of drug-likeness (QED) is 0.658. The molecule has 2 aromatic heterocycles. The summed E-state index contributed by atoms with van der Waals surface area (Å²) in [5.74, 6) is 0. The van der Waals surface area contributed by atoms with E-state index in [4.69, 9.17) is 0 Å². The highest BCUT2D eigenvalue weighted by atomic mass is 32.2. The lowest BCUT2D eigenvalue weighted by molar-refractivity contribution is 0.527. The van der Waals surface area contributed by atoms with Gasteiger partial charge in [0.25, 0.3) is 10.0 Å². The van der Waals surface area contributed by atoms with Crippen LogP contribution >= 0.6 is 0 Å². The number of benzene rings is 1. The van der Waals surface area contributed by atoms with Crippen LogP contribution < -0.4 is 4.72 Å². The van der Waals surface area contributed by atoms with Gasteiger partial charge in [-0.2, -0.15) is 0 Å². The number of hydrogen-bond acceptors (Lipinski definition) is 5. The first kappa shape index (κ1) is 19.9. The minimum absolute atomic E-state index is 0.199. The average molecular weight is 406 g/mol. The Morgan fingerprint density at radius 1 is 1.19 bits per heavy atom. The molecule has 2 atom stereocenters. The van der Waals surface area contributed by atoms with Crippen LogP contribution in [-0.2, 0) is 21.4 Å². The minimum Gasteiger partial charge on any atom is -0.598 e. The maximum atomic E-state index is 13.4. The van der Waals surface area contributed by atoms with Gasteiger partial charge in [0.05, 0.1) is 22.1 Å². The Morgan fingerprint density at radius 2 is 1.85 bits per heavy atom. The molecule has 1 N–H and O–H groups in total. The van der Waals surface area contributed by atoms with Gasteiger partial charge in [-0.15, -0.1) is 4.72 Å². The van der Waals surface area contributed by atoms with E-state index in [2.05, 4.69) is 9.71 Å². The monoisotopic (exact) mass is 405 g/mol. The predicted octanol–water partition coefficient (Wildman–Crippen LogP) is 3.39. The van der Waals surface area contributed by atoms with E-state index in [1.54, 1.807) is 54.9 Å². The van der Waals surface area contributed by atoms with Crippen molar-refractivity contribution in [1.82, 2.24) is 13.7 Å². The van der Waals surface area contributed by atoms with Gasteiger partial charge < -0.3 is 4.55 Å². The van der Waals surface area contributed by atoms with Gasteiger partial charge in [0.1, 0.15) is 4.75 Å². The van der Waals surface area contributed by atoms with Gasteiger partial charge in [0.2, 0.25) is 0 Å². The first-order chi connectivity index (χ1) is 12.6. The lowest BCUT2D eigenvalue weighted by Gasteiger charge is -2.27. The Bertz CT molecular complexity index is 1040. The second kappa shape index (κ2) is 7.27. The van der Waals surface area contributed by atoms with Crippen LogP contribution in [0.25, 0.3) is 10.9 Å². The minimum atomic E-state index is -3.82. The van der Waals surface area contributed by atoms with Crippen LogP contribution in [0.4, 0.5) is 0 Å². The molecular weight excluding hydrogens is 382 g/mol. The zero-order valence-corrected chi connectivity index (χ0v) is 17.3. The summed E-state index contributed by atoms with van der Waals surface area (Å²) in [5, 5.41) is 0.710. The van der Waals surface area contributed by atoms with Crippen LogP contribution in [0.2, 0.25) is 0 Å². The van der Waals surface area contributed by atoms with E-state index in [9.17, 15) is 13.0 Å². The number of rotatable bonds is 5. The number of pyridine rings is 1. The van der Waals surface area contributed by atoms with Crippen LogP contribution in [0, 0.1) is 0 Å². The summed E-state index contributed by atoms with van der Waals surface area (Å²) in [4.78, 5) is 4.29. The van der Waals surface area contributed by atoms with Crippen LogP contribution in [0.1, 0.15) is 39.4 Å². The standard InChI is InChI=1S/C19H23N3O3S2/c1-14(21-26(23)19(2,3)4)18-12-15-13-20-11-10-17(15)22(18)27(24,25)16-8-6-5-7-9-16/h5-14,21H,1-4H3/t14-,26?/m0/s1. The number of fused-ring (bicyclic) bond motifs is 1. The van der Waals surface area contributed by atoms with E-state index in [1.165, 1.54) is 3.97 Å². The molecule has 0 fully saturated rings. The third kappa shape index (κ3) is 3.89. The molecule has 0 aliphatic heterocycles. The summed E-state index contributed by atoms with van der Waals surface area (Å²) < 4.78 is 43.1. The molecule has 0 saturated carbocycles. The molecule has 3 rings (SSSR count). The fourth-order valence-corrected chi connectivity index (χ4v) is 5.14. The van der Waals surface area contributed by atoms with Crippen LogP contribution in [0.3, 0.4) is 0 Å². The molecule has 0 saturated heterocycles. The van der Waals surface area contributed by atoms with Gasteiger partial charge in [0, 0.05) is 29.1 Å². The number of nitrogens with one attached hydrogen (secondary N) is 1. The fraction of sp³-hybridized carbons (Fsp3) is 0.316. The van der Waals surface area contributed by atoms with Crippen molar-refractivity contribution in [3.63, 3.8) is 0 Å². The fourth-order valence-electron chi connectivity index (χ4n) is 2.72. The first-order valence-electron chi connectivity index (χ1n) is 8.56. The Hall–Kier alpha value is -1.87. The first-order valence-corrected chi connectivity index (χ1v) is 11.2. The van der Waals surface area contributed by atoms with Crippen molar-refractivity contribution in [2.75, 3.05) is 0 Å². The zero-order valence-electron chi connectivity index (χ0n) is 15.7. The molecule has 6 nitrogen and oxygen atoms in total. The second-order valence-electron chi connectivity index (χ2n) is 7.31. The molecule has 1 unspecified atom stereocenters. The van der Waals surface area contributed by atoms with E-state index in [-0.39, 0.29) is 4.90 Å². The maximum absolute atomic E-state index is 13.4. The van der Waals surface area contributed by atoms with Gasteiger partial charge in [-0.05, 0) is 52.0 Å². The van der Waals surface area contributed by atoms with Crippen LogP contribution in [0.5, 0.6) is 0 Å². The molecule has 0 radical (unpaired) electrons. The Balaban J connectivity index is 2.16. The lowest BCUT2D eigenvalue weighted by atomic mass is 10.2. The highest BCUT2D eigenvalue weighted by Crippen LogP contribution is 2.30. The molecule has 0 amide bonds. The Kier molecular flexibility index (Phi) is 5.36. The molecule has 0 aliphatic rings. The van der Waals surface area contributed by atoms with Gasteiger partial charge in [-0.1, -0.05) is 18.2 Å². The van der Waals surface area contributed by atoms with Gasteiger partial charge >= 0.3 is 0 Å². The number of aromatic nitrogens is 2. The molecule has 1 aromatic carbocycles. The van der Waals surface area contributed by atoms with Crippen molar-refractivity contribution in [1.29, 1.82) is 0 Å². The summed E-state index contributed by atoms with van der Waals surface area (Å²) >= 11 is -1.34. The SMILES string of the molecule is C[C@H](N[S+]([O-])C(C)(C)C)c1cc2cnccc2n1S(=O)(=O)c1ccccc1. The summed E-state index contributed by atoms with van der Waals surface area (Å²) in [5.41, 5.74) is 1.05. The molecule has 2 heterocycles. The summed E-state index contributed by atoms with van der Waals surface area (Å²) in [7, 11) is -3.82. The van der Waals surface area contributed by atoms with Crippen molar-refractivity contribution >= 4 is 32.3 Å². The topological polar surface area (TPSA) is 87.0 Å². The third-order valence-electron chi connectivity index (χ3n) is 4.15. The van der Waals surface area contributed by atoms with Crippen molar-refractivity contribution in [2.45, 2.75) is 43.4 Å². The van der Waals surface area contributed by atoms with Crippen molar-refractivity contribution < 1.29 is 13.0 Å². The normalized spacial score (nSPS) is 15.0. The van der Waals surface area contributed by atoms with Gasteiger partial charge in [0.15, 0.2) is 0 Å². The van der Waals surface area contributed by atoms with Crippen LogP contribution in [-0.4, -0.2) is 26.7 Å². The summed E-state index contributed by atoms with van der Waals surface area (Å²) in [6, 6.07) is 11.3. The van der Waals surface area contributed by atoms with Crippen molar-refractivity contribution in [3.05, 3.63) is 60.6 Å². The van der Waals surface area contributed by atoms with Crippen molar-refractivity contribution in [2.24, 2.45) is 0 Å². The Morgan fingerprint density at radius 3 is 2.48 bits per heavy atom. The summed E-state index contributed by atoms with van der Waals surface area (Å²) in [6.07, 6.45) is 3.19. The van der Waals surface area contributed by atoms with E-state index in [0.717, 1.165) is 0 Å². The van der Waals surface area contributed by atoms with E-state index in [1.807, 2.05) is 27.7 Å². The maximum Gasteiger partial charge on any atom is 0.268 e. The molecule has 0 bridgehead atoms. The highest BCUT2D eigenvalue weighted by Gasteiger charge is 2.31. The lowest BCUT2D eigenvalue weighted by Crippen LogP contribution is -2.41. The number of hydrogen-bond donors (Lipinski definition) is 1. The Labute approximate surface area is 163 Å². The highest BCUT2D eigenvalue weighted by molar-refractivity contribution is 7.91. The zero-order chi connectivity index (χ0) is 19.8. The van der Waals surface area contributed by atoms with E-state index in [0.29, 0.717) is 16.6 Å². The van der Waals surface area contributed by atoms with Gasteiger partial charge in [-0.25, -0.2) is 12.4 Å². The summed E-state index contributed by atoms with van der Waals surface area (Å²) in [6.45, 7) is 7.40. The third-order valence-corrected chi connectivity index (χ3v) is 7.59. The van der Waals surface area contributed by atoms with E-state index >= 15 is 0 Å².